The number of aromatic nitrogens is 2. The molecule has 0 saturated carbocycles. The Labute approximate surface area is 357 Å². The van der Waals surface area contributed by atoms with Gasteiger partial charge in [-0.1, -0.05) is 202 Å². The van der Waals surface area contributed by atoms with Crippen molar-refractivity contribution in [3.63, 3.8) is 0 Å². The van der Waals surface area contributed by atoms with Gasteiger partial charge >= 0.3 is 0 Å². The number of allylic oxidation sites excluding steroid dienone is 2. The highest BCUT2D eigenvalue weighted by molar-refractivity contribution is 6.02. The van der Waals surface area contributed by atoms with Crippen molar-refractivity contribution < 1.29 is 0 Å². The fraction of sp³-hybridized carbons (Fsp3) is 0.0847. The van der Waals surface area contributed by atoms with Gasteiger partial charge in [-0.15, -0.1) is 0 Å². The van der Waals surface area contributed by atoms with E-state index in [-0.39, 0.29) is 5.41 Å². The smallest absolute Gasteiger partial charge is 0.161 e. The van der Waals surface area contributed by atoms with Crippen molar-refractivity contribution >= 4 is 28.5 Å². The molecule has 0 amide bonds. The first-order valence-electron chi connectivity index (χ1n) is 21.4. The molecule has 2 heteroatoms. The third kappa shape index (κ3) is 5.28. The van der Waals surface area contributed by atoms with E-state index in [2.05, 4.69) is 220 Å². The minimum atomic E-state index is -0.554. The van der Waals surface area contributed by atoms with Crippen LogP contribution >= 0.6 is 0 Å². The Morgan fingerprint density at radius 1 is 0.459 bits per heavy atom. The van der Waals surface area contributed by atoms with Gasteiger partial charge in [0.05, 0.1) is 16.8 Å². The third-order valence-electron chi connectivity index (χ3n) is 13.6. The first-order valence-corrected chi connectivity index (χ1v) is 21.4. The zero-order valence-corrected chi connectivity index (χ0v) is 34.2. The molecular formula is C59H42N2. The maximum atomic E-state index is 5.44. The van der Waals surface area contributed by atoms with Gasteiger partial charge in [0.1, 0.15) is 0 Å². The van der Waals surface area contributed by atoms with Crippen molar-refractivity contribution in [1.29, 1.82) is 0 Å². The summed E-state index contributed by atoms with van der Waals surface area (Å²) < 4.78 is 0. The SMILES string of the molecule is CC1(C)c2ccccc2C2(c3ccc(C4=Cc5c(ccc6ccccc56)C=CC4)cc3-c3c(-c4nc(-c5ccccc5)cc(-c5ccccc5)n4)cccc32)c2ccccc21. The Hall–Kier alpha value is -7.42. The largest absolute Gasteiger partial charge is 0.228 e. The molecule has 9 aromatic rings. The third-order valence-corrected chi connectivity index (χ3v) is 13.6. The molecule has 3 aliphatic rings. The van der Waals surface area contributed by atoms with Crippen molar-refractivity contribution in [3.8, 4) is 45.0 Å². The predicted molar refractivity (Wildman–Crippen MR) is 253 cm³/mol. The fourth-order valence-electron chi connectivity index (χ4n) is 10.8. The summed E-state index contributed by atoms with van der Waals surface area (Å²) >= 11 is 0. The number of fused-ring (bicyclic) bond motifs is 12. The fourth-order valence-corrected chi connectivity index (χ4v) is 10.8. The molecule has 1 aromatic heterocycles. The van der Waals surface area contributed by atoms with Crippen LogP contribution in [0.5, 0.6) is 0 Å². The van der Waals surface area contributed by atoms with Gasteiger partial charge in [0.25, 0.3) is 0 Å². The van der Waals surface area contributed by atoms with Crippen molar-refractivity contribution in [2.24, 2.45) is 0 Å². The molecule has 1 heterocycles. The molecule has 0 saturated heterocycles. The molecule has 2 nitrogen and oxygen atoms in total. The second-order valence-corrected chi connectivity index (χ2v) is 17.2. The first-order chi connectivity index (χ1) is 30.0. The van der Waals surface area contributed by atoms with Crippen LogP contribution in [0.15, 0.2) is 194 Å². The minimum absolute atomic E-state index is 0.190. The van der Waals surface area contributed by atoms with E-state index >= 15 is 0 Å². The summed E-state index contributed by atoms with van der Waals surface area (Å²) in [6.45, 7) is 4.77. The van der Waals surface area contributed by atoms with E-state index < -0.39 is 5.41 Å². The highest BCUT2D eigenvalue weighted by atomic mass is 14.9. The van der Waals surface area contributed by atoms with Crippen LogP contribution in [0.3, 0.4) is 0 Å². The van der Waals surface area contributed by atoms with E-state index in [1.807, 2.05) is 0 Å². The van der Waals surface area contributed by atoms with Crippen LogP contribution in [0.1, 0.15) is 70.3 Å². The van der Waals surface area contributed by atoms with Crippen LogP contribution < -0.4 is 0 Å². The van der Waals surface area contributed by atoms with Gasteiger partial charge in [0.15, 0.2) is 5.82 Å². The summed E-state index contributed by atoms with van der Waals surface area (Å²) in [6.07, 6.45) is 7.89. The van der Waals surface area contributed by atoms with Gasteiger partial charge in [0, 0.05) is 22.1 Å². The maximum Gasteiger partial charge on any atom is 0.161 e. The normalized spacial score (nSPS) is 15.0. The first kappa shape index (κ1) is 35.5. The number of rotatable bonds is 4. The lowest BCUT2D eigenvalue weighted by Crippen LogP contribution is -2.40. The van der Waals surface area contributed by atoms with E-state index in [4.69, 9.17) is 9.97 Å². The van der Waals surface area contributed by atoms with Crippen LogP contribution in [0, 0.1) is 0 Å². The van der Waals surface area contributed by atoms with Crippen LogP contribution in [-0.4, -0.2) is 9.97 Å². The lowest BCUT2D eigenvalue weighted by Gasteiger charge is -2.46. The van der Waals surface area contributed by atoms with E-state index in [0.717, 1.165) is 40.3 Å². The summed E-state index contributed by atoms with van der Waals surface area (Å²) in [4.78, 5) is 10.9. The van der Waals surface area contributed by atoms with E-state index in [9.17, 15) is 0 Å². The Bertz CT molecular complexity index is 3190. The molecule has 0 fully saturated rings. The number of benzene rings is 8. The Morgan fingerprint density at radius 3 is 1.75 bits per heavy atom. The van der Waals surface area contributed by atoms with Gasteiger partial charge in [-0.05, 0) is 102 Å². The standard InChI is InChI=1S/C59H42N2/c1-58(2)49-26-11-13-28-51(49)59(52-29-14-12-27-50(52)58)48-34-33-43(42-23-15-22-39-32-31-38-17-9-10-24-44(38)46(39)35-42)36-47(48)56-45(25-16-30-53(56)59)57-60-54(40-18-5-3-6-19-40)37-55(61-57)41-20-7-4-8-21-41/h3-22,24-37H,23H2,1-2H3. The summed E-state index contributed by atoms with van der Waals surface area (Å²) in [6, 6.07) is 68.9. The lowest BCUT2D eigenvalue weighted by molar-refractivity contribution is 0.563. The molecule has 1 spiro atoms. The summed E-state index contributed by atoms with van der Waals surface area (Å²) in [5.74, 6) is 0.722. The Kier molecular flexibility index (Phi) is 7.89. The van der Waals surface area contributed by atoms with Crippen LogP contribution in [0.4, 0.5) is 0 Å². The number of hydrogen-bond acceptors (Lipinski definition) is 2. The van der Waals surface area contributed by atoms with Crippen LogP contribution in [0.2, 0.25) is 0 Å². The molecule has 288 valence electrons. The van der Waals surface area contributed by atoms with Gasteiger partial charge < -0.3 is 0 Å². The summed E-state index contributed by atoms with van der Waals surface area (Å²) in [5.41, 5.74) is 19.7. The molecule has 0 radical (unpaired) electrons. The zero-order valence-electron chi connectivity index (χ0n) is 34.2. The second kappa shape index (κ2) is 13.6. The van der Waals surface area contributed by atoms with E-state index in [1.54, 1.807) is 0 Å². The average Bonchev–Trinajstić information content (AvgIpc) is 3.43. The topological polar surface area (TPSA) is 25.8 Å². The lowest BCUT2D eigenvalue weighted by atomic mass is 9.55. The molecule has 8 aromatic carbocycles. The summed E-state index contributed by atoms with van der Waals surface area (Å²) in [7, 11) is 0. The molecule has 61 heavy (non-hydrogen) atoms. The molecule has 0 atom stereocenters. The highest BCUT2D eigenvalue weighted by Gasteiger charge is 2.53. The van der Waals surface area contributed by atoms with Gasteiger partial charge in [-0.3, -0.25) is 0 Å². The average molecular weight is 779 g/mol. The van der Waals surface area contributed by atoms with Gasteiger partial charge in [0.2, 0.25) is 0 Å². The van der Waals surface area contributed by atoms with Crippen molar-refractivity contribution in [3.05, 3.63) is 244 Å². The van der Waals surface area contributed by atoms with Crippen LogP contribution in [0.25, 0.3) is 73.5 Å². The van der Waals surface area contributed by atoms with Crippen molar-refractivity contribution in [2.75, 3.05) is 0 Å². The van der Waals surface area contributed by atoms with Gasteiger partial charge in [-0.25, -0.2) is 9.97 Å². The van der Waals surface area contributed by atoms with Crippen molar-refractivity contribution in [2.45, 2.75) is 31.1 Å². The predicted octanol–water partition coefficient (Wildman–Crippen LogP) is 14.6. The molecule has 0 N–H and O–H groups in total. The maximum absolute atomic E-state index is 5.44. The molecule has 12 rings (SSSR count). The molecule has 0 bridgehead atoms. The minimum Gasteiger partial charge on any atom is -0.228 e. The Balaban J connectivity index is 1.17. The quantitative estimate of drug-likeness (QED) is 0.178. The molecule has 0 aliphatic heterocycles. The van der Waals surface area contributed by atoms with Crippen molar-refractivity contribution in [1.82, 2.24) is 9.97 Å². The molecule has 0 unspecified atom stereocenters. The van der Waals surface area contributed by atoms with E-state index in [1.165, 1.54) is 77.5 Å². The van der Waals surface area contributed by atoms with Gasteiger partial charge in [-0.2, -0.15) is 0 Å². The summed E-state index contributed by atoms with van der Waals surface area (Å²) in [5, 5.41) is 2.53. The second-order valence-electron chi connectivity index (χ2n) is 17.2. The Morgan fingerprint density at radius 2 is 1.07 bits per heavy atom. The molecular weight excluding hydrogens is 737 g/mol. The van der Waals surface area contributed by atoms with Crippen LogP contribution in [-0.2, 0) is 10.8 Å². The highest BCUT2D eigenvalue weighted by Crippen LogP contribution is 2.63. The molecule has 3 aliphatic carbocycles. The monoisotopic (exact) mass is 778 g/mol. The number of hydrogen-bond donors (Lipinski definition) is 0. The number of nitrogens with zero attached hydrogens (tertiary/aromatic N) is 2. The van der Waals surface area contributed by atoms with E-state index in [0.29, 0.717) is 0 Å². The zero-order chi connectivity index (χ0) is 40.7.